The van der Waals surface area contributed by atoms with Gasteiger partial charge < -0.3 is 11.5 Å². The molecule has 0 unspecified atom stereocenters. The molecular weight excluding hydrogens is 144 g/mol. The average Bonchev–Trinajstić information content (AvgIpc) is 1.90. The van der Waals surface area contributed by atoms with E-state index < -0.39 is 11.8 Å². The van der Waals surface area contributed by atoms with Crippen LogP contribution in [0.2, 0.25) is 0 Å². The third kappa shape index (κ3) is 17.7. The lowest BCUT2D eigenvalue weighted by atomic mass is 10.4. The topological polar surface area (TPSA) is 86.2 Å². The van der Waals surface area contributed by atoms with Crippen LogP contribution in [0.15, 0.2) is 0 Å². The van der Waals surface area contributed by atoms with Gasteiger partial charge in [-0.15, -0.1) is 12.3 Å². The van der Waals surface area contributed by atoms with Gasteiger partial charge in [-0.25, -0.2) is 0 Å². The van der Waals surface area contributed by atoms with E-state index in [4.69, 9.17) is 6.42 Å². The molecule has 0 aliphatic heterocycles. The molecular formula is C7H12N2O2. The molecule has 4 nitrogen and oxygen atoms in total. The van der Waals surface area contributed by atoms with Crippen LogP contribution >= 0.6 is 0 Å². The highest BCUT2D eigenvalue weighted by Gasteiger charge is 1.96. The van der Waals surface area contributed by atoms with Gasteiger partial charge in [-0.05, 0) is 6.42 Å². The summed E-state index contributed by atoms with van der Waals surface area (Å²) in [6.45, 7) is 2.07. The quantitative estimate of drug-likeness (QED) is 0.391. The number of unbranched alkanes of at least 4 members (excludes halogenated alkanes) is 1. The molecule has 11 heavy (non-hydrogen) atoms. The van der Waals surface area contributed by atoms with Crippen molar-refractivity contribution in [2.75, 3.05) is 0 Å². The summed E-state index contributed by atoms with van der Waals surface area (Å²) in [7, 11) is 0. The lowest BCUT2D eigenvalue weighted by molar-refractivity contribution is -0.135. The zero-order chi connectivity index (χ0) is 9.28. The first kappa shape index (κ1) is 12.2. The molecule has 0 fully saturated rings. The molecule has 0 aromatic heterocycles. The Balaban J connectivity index is 0. The zero-order valence-electron chi connectivity index (χ0n) is 6.46. The fourth-order valence-corrected chi connectivity index (χ4v) is 0.144. The Morgan fingerprint density at radius 1 is 1.36 bits per heavy atom. The SMILES string of the molecule is C#CCCC.NC(=O)C(N)=O. The lowest BCUT2D eigenvalue weighted by Gasteiger charge is -1.75. The maximum atomic E-state index is 9.45. The van der Waals surface area contributed by atoms with Gasteiger partial charge >= 0.3 is 11.8 Å². The number of nitrogens with two attached hydrogens (primary N) is 2. The van der Waals surface area contributed by atoms with Crippen molar-refractivity contribution in [3.8, 4) is 12.3 Å². The minimum absolute atomic E-state index is 0.917. The summed E-state index contributed by atoms with van der Waals surface area (Å²) >= 11 is 0. The molecule has 0 rings (SSSR count). The number of hydrogen-bond acceptors (Lipinski definition) is 2. The third-order valence-electron chi connectivity index (χ3n) is 0.637. The monoisotopic (exact) mass is 156 g/mol. The lowest BCUT2D eigenvalue weighted by Crippen LogP contribution is -2.29. The number of terminal acetylenes is 1. The Hall–Kier alpha value is -1.50. The van der Waals surface area contributed by atoms with Gasteiger partial charge in [0.1, 0.15) is 0 Å². The van der Waals surface area contributed by atoms with E-state index in [1.165, 1.54) is 0 Å². The minimum atomic E-state index is -1.10. The molecule has 0 spiro atoms. The van der Waals surface area contributed by atoms with Crippen LogP contribution in [0.5, 0.6) is 0 Å². The smallest absolute Gasteiger partial charge is 0.306 e. The molecule has 62 valence electrons. The van der Waals surface area contributed by atoms with E-state index >= 15 is 0 Å². The van der Waals surface area contributed by atoms with Gasteiger partial charge in [0, 0.05) is 6.42 Å². The second kappa shape index (κ2) is 8.50. The van der Waals surface area contributed by atoms with Crippen LogP contribution < -0.4 is 11.5 Å². The number of rotatable bonds is 1. The number of carbonyl (C=O) groups excluding carboxylic acids is 2. The maximum absolute atomic E-state index is 9.45. The molecule has 4 heteroatoms. The molecule has 0 aromatic carbocycles. The predicted molar refractivity (Wildman–Crippen MR) is 42.1 cm³/mol. The first-order valence-electron chi connectivity index (χ1n) is 3.08. The standard InChI is InChI=1S/C5H8.C2H4N2O2/c1-3-5-4-2;3-1(5)2(4)6/h1H,4-5H2,2H3;(H2,3,5)(H2,4,6). The summed E-state index contributed by atoms with van der Waals surface area (Å²) in [4.78, 5) is 18.9. The van der Waals surface area contributed by atoms with Crippen LogP contribution in [0.25, 0.3) is 0 Å². The van der Waals surface area contributed by atoms with Gasteiger partial charge in [0.05, 0.1) is 0 Å². The van der Waals surface area contributed by atoms with Gasteiger partial charge in [0.25, 0.3) is 0 Å². The van der Waals surface area contributed by atoms with E-state index in [1.807, 2.05) is 0 Å². The van der Waals surface area contributed by atoms with E-state index in [1.54, 1.807) is 0 Å². The number of amides is 2. The summed E-state index contributed by atoms with van der Waals surface area (Å²) in [5, 5.41) is 0. The van der Waals surface area contributed by atoms with Gasteiger partial charge in [-0.2, -0.15) is 0 Å². The molecule has 4 N–H and O–H groups in total. The van der Waals surface area contributed by atoms with E-state index in [9.17, 15) is 9.59 Å². The van der Waals surface area contributed by atoms with Crippen molar-refractivity contribution in [2.45, 2.75) is 19.8 Å². The number of primary amides is 2. The van der Waals surface area contributed by atoms with E-state index in [-0.39, 0.29) is 0 Å². The highest BCUT2D eigenvalue weighted by molar-refractivity contribution is 6.33. The van der Waals surface area contributed by atoms with Gasteiger partial charge in [0.15, 0.2) is 0 Å². The molecule has 0 aromatic rings. The normalized spacial score (nSPS) is 6.91. The van der Waals surface area contributed by atoms with Crippen molar-refractivity contribution in [2.24, 2.45) is 11.5 Å². The first-order chi connectivity index (χ1) is 5.06. The van der Waals surface area contributed by atoms with E-state index in [0.717, 1.165) is 12.8 Å². The molecule has 0 aliphatic carbocycles. The molecule has 0 heterocycles. The van der Waals surface area contributed by atoms with Crippen molar-refractivity contribution >= 4 is 11.8 Å². The molecule has 0 bridgehead atoms. The molecule has 2 amide bonds. The second-order valence-electron chi connectivity index (χ2n) is 1.68. The van der Waals surface area contributed by atoms with Crippen LogP contribution in [0.1, 0.15) is 19.8 Å². The predicted octanol–water partition coefficient (Wildman–Crippen LogP) is -0.623. The van der Waals surface area contributed by atoms with Crippen molar-refractivity contribution in [3.63, 3.8) is 0 Å². The minimum Gasteiger partial charge on any atom is -0.361 e. The van der Waals surface area contributed by atoms with Crippen molar-refractivity contribution in [1.82, 2.24) is 0 Å². The van der Waals surface area contributed by atoms with Crippen LogP contribution in [0.4, 0.5) is 0 Å². The Morgan fingerprint density at radius 3 is 1.73 bits per heavy atom. The Kier molecular flexibility index (Phi) is 9.43. The second-order valence-corrected chi connectivity index (χ2v) is 1.68. The highest BCUT2D eigenvalue weighted by Crippen LogP contribution is 1.77. The zero-order valence-corrected chi connectivity index (χ0v) is 6.46. The van der Waals surface area contributed by atoms with Crippen LogP contribution in [0, 0.1) is 12.3 Å². The van der Waals surface area contributed by atoms with Crippen LogP contribution in [-0.2, 0) is 9.59 Å². The molecule has 0 saturated heterocycles. The van der Waals surface area contributed by atoms with Crippen LogP contribution in [0.3, 0.4) is 0 Å². The third-order valence-corrected chi connectivity index (χ3v) is 0.637. The summed E-state index contributed by atoms with van der Waals surface area (Å²) < 4.78 is 0. The van der Waals surface area contributed by atoms with Crippen molar-refractivity contribution < 1.29 is 9.59 Å². The maximum Gasteiger partial charge on any atom is 0.306 e. The van der Waals surface area contributed by atoms with E-state index in [2.05, 4.69) is 24.3 Å². The highest BCUT2D eigenvalue weighted by atomic mass is 16.2. The first-order valence-corrected chi connectivity index (χ1v) is 3.08. The largest absolute Gasteiger partial charge is 0.361 e. The Morgan fingerprint density at radius 2 is 1.73 bits per heavy atom. The van der Waals surface area contributed by atoms with Crippen molar-refractivity contribution in [3.05, 3.63) is 0 Å². The molecule has 0 atom stereocenters. The van der Waals surface area contributed by atoms with Gasteiger partial charge in [0.2, 0.25) is 0 Å². The summed E-state index contributed by atoms with van der Waals surface area (Å²) in [6, 6.07) is 0. The number of carbonyl (C=O) groups is 2. The molecule has 0 saturated carbocycles. The summed E-state index contributed by atoms with van der Waals surface area (Å²) in [5.74, 6) is 0.314. The number of hydrogen-bond donors (Lipinski definition) is 2. The molecule has 0 radical (unpaired) electrons. The summed E-state index contributed by atoms with van der Waals surface area (Å²) in [6.07, 6.45) is 6.91. The Bertz CT molecular complexity index is 158. The fraction of sp³-hybridized carbons (Fsp3) is 0.429. The van der Waals surface area contributed by atoms with Crippen LogP contribution in [-0.4, -0.2) is 11.8 Å². The van der Waals surface area contributed by atoms with Crippen molar-refractivity contribution in [1.29, 1.82) is 0 Å². The van der Waals surface area contributed by atoms with Gasteiger partial charge in [-0.1, -0.05) is 6.92 Å². The average molecular weight is 156 g/mol. The fourth-order valence-electron chi connectivity index (χ4n) is 0.144. The summed E-state index contributed by atoms with van der Waals surface area (Å²) in [5.41, 5.74) is 8.64. The van der Waals surface area contributed by atoms with E-state index in [0.29, 0.717) is 0 Å². The Labute approximate surface area is 65.9 Å². The molecule has 0 aliphatic rings. The van der Waals surface area contributed by atoms with Gasteiger partial charge in [-0.3, -0.25) is 9.59 Å².